The van der Waals surface area contributed by atoms with Crippen LogP contribution in [0.1, 0.15) is 46.5 Å². The van der Waals surface area contributed by atoms with Gasteiger partial charge in [0.2, 0.25) is 0 Å². The summed E-state index contributed by atoms with van der Waals surface area (Å²) in [6.07, 6.45) is 4.57. The van der Waals surface area contributed by atoms with Gasteiger partial charge in [-0.15, -0.1) is 0 Å². The van der Waals surface area contributed by atoms with E-state index in [9.17, 15) is 4.79 Å². The summed E-state index contributed by atoms with van der Waals surface area (Å²) in [6.45, 7) is 6.54. The molecule has 0 aromatic heterocycles. The molecule has 2 heterocycles. The van der Waals surface area contributed by atoms with Gasteiger partial charge in [0.15, 0.2) is 0 Å². The van der Waals surface area contributed by atoms with E-state index in [0.29, 0.717) is 12.0 Å². The van der Waals surface area contributed by atoms with Crippen molar-refractivity contribution in [3.63, 3.8) is 0 Å². The molecule has 2 aliphatic heterocycles. The lowest BCUT2D eigenvalue weighted by Crippen LogP contribution is -2.74. The highest BCUT2D eigenvalue weighted by atomic mass is 32.2. The molecule has 0 aromatic carbocycles. The summed E-state index contributed by atoms with van der Waals surface area (Å²) in [6, 6.07) is 0.904. The average Bonchev–Trinajstić information content (AvgIpc) is 2.50. The van der Waals surface area contributed by atoms with Crippen molar-refractivity contribution < 1.29 is 14.3 Å². The van der Waals surface area contributed by atoms with Gasteiger partial charge in [0.25, 0.3) is 0 Å². The van der Waals surface area contributed by atoms with Gasteiger partial charge in [-0.2, -0.15) is 11.8 Å². The van der Waals surface area contributed by atoms with Crippen molar-refractivity contribution in [3.05, 3.63) is 0 Å². The van der Waals surface area contributed by atoms with Gasteiger partial charge in [0.1, 0.15) is 5.60 Å². The molecule has 1 aliphatic carbocycles. The van der Waals surface area contributed by atoms with Gasteiger partial charge in [-0.05, 0) is 58.0 Å². The van der Waals surface area contributed by atoms with E-state index in [1.54, 1.807) is 0 Å². The van der Waals surface area contributed by atoms with E-state index in [4.69, 9.17) is 9.47 Å². The number of fused-ring (bicyclic) bond motifs is 1. The van der Waals surface area contributed by atoms with Crippen LogP contribution in [0.3, 0.4) is 0 Å². The molecule has 0 spiro atoms. The minimum atomic E-state index is -0.459. The second kappa shape index (κ2) is 7.19. The quantitative estimate of drug-likeness (QED) is 0.825. The van der Waals surface area contributed by atoms with Gasteiger partial charge in [-0.25, -0.2) is 4.79 Å². The van der Waals surface area contributed by atoms with Crippen LogP contribution < -0.4 is 10.6 Å². The molecule has 3 rings (SSSR count). The van der Waals surface area contributed by atoms with Crippen LogP contribution in [-0.4, -0.2) is 54.0 Å². The number of carbonyl (C=O) groups excluding carboxylic acids is 1. The molecule has 6 heteroatoms. The normalized spacial score (nSPS) is 35.1. The molecule has 4 atom stereocenters. The van der Waals surface area contributed by atoms with Gasteiger partial charge < -0.3 is 20.1 Å². The molecule has 0 aromatic rings. The maximum atomic E-state index is 12.2. The Hall–Kier alpha value is -0.460. The molecule has 3 fully saturated rings. The Balaban J connectivity index is 1.59. The average molecular weight is 343 g/mol. The predicted octanol–water partition coefficient (Wildman–Crippen LogP) is 2.54. The highest BCUT2D eigenvalue weighted by Gasteiger charge is 2.53. The summed E-state index contributed by atoms with van der Waals surface area (Å²) in [5.74, 6) is 2.87. The van der Waals surface area contributed by atoms with Crippen molar-refractivity contribution in [1.29, 1.82) is 0 Å². The number of hydrogen-bond acceptors (Lipinski definition) is 5. The topological polar surface area (TPSA) is 59.6 Å². The van der Waals surface area contributed by atoms with E-state index in [1.807, 2.05) is 32.5 Å². The van der Waals surface area contributed by atoms with E-state index < -0.39 is 5.60 Å². The van der Waals surface area contributed by atoms with E-state index in [2.05, 4.69) is 10.6 Å². The zero-order chi connectivity index (χ0) is 16.4. The Kier molecular flexibility index (Phi) is 5.43. The first-order valence-electron chi connectivity index (χ1n) is 8.89. The van der Waals surface area contributed by atoms with Crippen LogP contribution in [0.5, 0.6) is 0 Å². The summed E-state index contributed by atoms with van der Waals surface area (Å²) in [5.41, 5.74) is -0.459. The number of alkyl carbamates (subject to hydrolysis) is 1. The summed E-state index contributed by atoms with van der Waals surface area (Å²) < 4.78 is 11.4. The summed E-state index contributed by atoms with van der Waals surface area (Å²) in [5, 5.41) is 6.87. The summed E-state index contributed by atoms with van der Waals surface area (Å²) in [4.78, 5) is 12.2. The first kappa shape index (κ1) is 17.4. The Labute approximate surface area is 143 Å². The van der Waals surface area contributed by atoms with Crippen molar-refractivity contribution in [2.45, 2.75) is 76.3 Å². The fourth-order valence-corrected chi connectivity index (χ4v) is 4.99. The second-order valence-electron chi connectivity index (χ2n) is 7.89. The number of amides is 1. The van der Waals surface area contributed by atoms with E-state index in [0.717, 1.165) is 19.4 Å². The maximum Gasteiger partial charge on any atom is 0.407 e. The molecule has 2 N–H and O–H groups in total. The van der Waals surface area contributed by atoms with Crippen LogP contribution in [0, 0.1) is 5.92 Å². The lowest BCUT2D eigenvalue weighted by molar-refractivity contribution is -0.130. The van der Waals surface area contributed by atoms with Crippen LogP contribution >= 0.6 is 11.8 Å². The zero-order valence-electron chi connectivity index (χ0n) is 14.5. The molecule has 2 saturated heterocycles. The summed E-state index contributed by atoms with van der Waals surface area (Å²) in [7, 11) is 0. The Bertz CT molecular complexity index is 421. The Morgan fingerprint density at radius 3 is 2.61 bits per heavy atom. The van der Waals surface area contributed by atoms with E-state index in [1.165, 1.54) is 24.3 Å². The van der Waals surface area contributed by atoms with Crippen LogP contribution in [0.15, 0.2) is 0 Å². The summed E-state index contributed by atoms with van der Waals surface area (Å²) >= 11 is 2.03. The first-order valence-corrected chi connectivity index (χ1v) is 10.0. The van der Waals surface area contributed by atoms with E-state index >= 15 is 0 Å². The third-order valence-electron chi connectivity index (χ3n) is 4.95. The fraction of sp³-hybridized carbons (Fsp3) is 0.941. The van der Waals surface area contributed by atoms with Crippen LogP contribution in [0.4, 0.5) is 4.79 Å². The van der Waals surface area contributed by atoms with Crippen molar-refractivity contribution >= 4 is 17.9 Å². The van der Waals surface area contributed by atoms with Gasteiger partial charge in [-0.3, -0.25) is 0 Å². The Morgan fingerprint density at radius 2 is 1.91 bits per heavy atom. The second-order valence-corrected chi connectivity index (χ2v) is 9.12. The number of thioether (sulfide) groups is 1. The Morgan fingerprint density at radius 1 is 1.17 bits per heavy atom. The van der Waals surface area contributed by atoms with Crippen LogP contribution in [0.25, 0.3) is 0 Å². The highest BCUT2D eigenvalue weighted by molar-refractivity contribution is 7.99. The SMILES string of the molecule is CC(C)(C)OC(=O)NC1C2CCCOC2C1NC1CCSCC1. The monoisotopic (exact) mass is 342 g/mol. The standard InChI is InChI=1S/C17H30N2O3S/c1-17(2,3)22-16(20)19-13-12-5-4-8-21-15(12)14(13)18-11-6-9-23-10-7-11/h11-15,18H,4-10H2,1-3H3,(H,19,20). The number of carbonyl (C=O) groups is 1. The molecular formula is C17H30N2O3S. The third kappa shape index (κ3) is 4.34. The molecular weight excluding hydrogens is 312 g/mol. The van der Waals surface area contributed by atoms with Crippen molar-refractivity contribution in [3.8, 4) is 0 Å². The van der Waals surface area contributed by atoms with Gasteiger partial charge in [-0.1, -0.05) is 0 Å². The van der Waals surface area contributed by atoms with Crippen molar-refractivity contribution in [1.82, 2.24) is 10.6 Å². The molecule has 1 saturated carbocycles. The first-order chi connectivity index (χ1) is 10.9. The van der Waals surface area contributed by atoms with Crippen LogP contribution in [0.2, 0.25) is 0 Å². The molecule has 0 radical (unpaired) electrons. The number of ether oxygens (including phenoxy) is 2. The molecule has 23 heavy (non-hydrogen) atoms. The van der Waals surface area contributed by atoms with Crippen molar-refractivity contribution in [2.75, 3.05) is 18.1 Å². The number of hydrogen-bond donors (Lipinski definition) is 2. The molecule has 4 unspecified atom stereocenters. The van der Waals surface area contributed by atoms with Gasteiger partial charge in [0, 0.05) is 18.6 Å². The fourth-order valence-electron chi connectivity index (χ4n) is 3.88. The predicted molar refractivity (Wildman–Crippen MR) is 92.9 cm³/mol. The van der Waals surface area contributed by atoms with Crippen LogP contribution in [-0.2, 0) is 9.47 Å². The van der Waals surface area contributed by atoms with Gasteiger partial charge >= 0.3 is 6.09 Å². The molecule has 132 valence electrons. The number of nitrogens with one attached hydrogen (secondary N) is 2. The van der Waals surface area contributed by atoms with Gasteiger partial charge in [0.05, 0.1) is 18.2 Å². The van der Waals surface area contributed by atoms with E-state index in [-0.39, 0.29) is 24.3 Å². The molecule has 1 amide bonds. The lowest BCUT2D eigenvalue weighted by atomic mass is 9.68. The minimum absolute atomic E-state index is 0.129. The zero-order valence-corrected chi connectivity index (χ0v) is 15.3. The largest absolute Gasteiger partial charge is 0.444 e. The molecule has 3 aliphatic rings. The minimum Gasteiger partial charge on any atom is -0.444 e. The highest BCUT2D eigenvalue weighted by Crippen LogP contribution is 2.39. The smallest absolute Gasteiger partial charge is 0.407 e. The number of rotatable bonds is 3. The van der Waals surface area contributed by atoms with Crippen molar-refractivity contribution in [2.24, 2.45) is 5.92 Å². The third-order valence-corrected chi connectivity index (χ3v) is 6.00. The maximum absolute atomic E-state index is 12.2. The molecule has 0 bridgehead atoms. The molecule has 5 nitrogen and oxygen atoms in total. The lowest BCUT2D eigenvalue weighted by Gasteiger charge is -2.55.